The maximum Gasteiger partial charge on any atom is 0.434 e. The Labute approximate surface area is 174 Å². The van der Waals surface area contributed by atoms with Gasteiger partial charge in [-0.25, -0.2) is 13.4 Å². The van der Waals surface area contributed by atoms with Gasteiger partial charge in [0.1, 0.15) is 5.82 Å². The Morgan fingerprint density at radius 3 is 2.07 bits per heavy atom. The van der Waals surface area contributed by atoms with Gasteiger partial charge in [-0.05, 0) is 36.4 Å². The second-order valence-electron chi connectivity index (χ2n) is 6.06. The predicted octanol–water partition coefficient (Wildman–Crippen LogP) is 5.28. The minimum atomic E-state index is -4.69. The van der Waals surface area contributed by atoms with Gasteiger partial charge in [-0.15, -0.1) is 0 Å². The van der Waals surface area contributed by atoms with Gasteiger partial charge in [0.05, 0.1) is 27.7 Å². The third-order valence-corrected chi connectivity index (χ3v) is 5.69. The summed E-state index contributed by atoms with van der Waals surface area (Å²) in [6.45, 7) is 0. The first-order chi connectivity index (χ1) is 13.4. The van der Waals surface area contributed by atoms with E-state index in [2.05, 4.69) is 4.98 Å². The van der Waals surface area contributed by atoms with Crippen LogP contribution in [0, 0.1) is 0 Å². The molecule has 0 aliphatic rings. The molecule has 0 atom stereocenters. The lowest BCUT2D eigenvalue weighted by molar-refractivity contribution is -0.140. The zero-order valence-electron chi connectivity index (χ0n) is 15.0. The summed E-state index contributed by atoms with van der Waals surface area (Å²) in [6.07, 6.45) is -2.84. The van der Waals surface area contributed by atoms with Gasteiger partial charge in [-0.1, -0.05) is 23.2 Å². The largest absolute Gasteiger partial charge is 0.494 e. The number of sulfone groups is 1. The van der Waals surface area contributed by atoms with Crippen LogP contribution < -0.4 is 4.74 Å². The van der Waals surface area contributed by atoms with Gasteiger partial charge >= 0.3 is 6.18 Å². The van der Waals surface area contributed by atoms with Crippen LogP contribution in [0.5, 0.6) is 5.75 Å². The van der Waals surface area contributed by atoms with Gasteiger partial charge < -0.3 is 4.74 Å². The molecule has 0 saturated carbocycles. The molecule has 29 heavy (non-hydrogen) atoms. The van der Waals surface area contributed by atoms with Crippen LogP contribution in [0.3, 0.4) is 0 Å². The normalized spacial score (nSPS) is 12.2. The number of nitrogens with zero attached hydrogens (tertiary/aromatic N) is 2. The van der Waals surface area contributed by atoms with Crippen LogP contribution in [0.4, 0.5) is 13.2 Å². The van der Waals surface area contributed by atoms with Crippen molar-refractivity contribution < 1.29 is 26.3 Å². The molecule has 0 saturated heterocycles. The molecule has 0 fully saturated rings. The number of halogens is 5. The molecule has 11 heteroatoms. The van der Waals surface area contributed by atoms with E-state index in [0.717, 1.165) is 12.5 Å². The Hall–Kier alpha value is -2.23. The standard InChI is InChI=1S/C18H13Cl2F3N2O3S/c1-28-16-13(19)7-11(8-14(16)20)25-9-15(18(21,22)23)24-17(25)10-3-5-12(6-4-10)29(2,26)27/h3-9H,1-2H3. The molecule has 1 heterocycles. The third kappa shape index (κ3) is 4.36. The van der Waals surface area contributed by atoms with Crippen molar-refractivity contribution in [1.82, 2.24) is 9.55 Å². The molecule has 3 rings (SSSR count). The van der Waals surface area contributed by atoms with E-state index in [-0.39, 0.29) is 37.8 Å². The molecular formula is C18H13Cl2F3N2O3S. The van der Waals surface area contributed by atoms with Crippen LogP contribution >= 0.6 is 23.2 Å². The van der Waals surface area contributed by atoms with E-state index >= 15 is 0 Å². The number of ether oxygens (including phenoxy) is 1. The van der Waals surface area contributed by atoms with Gasteiger partial charge in [-0.3, -0.25) is 4.57 Å². The highest BCUT2D eigenvalue weighted by atomic mass is 35.5. The molecule has 0 N–H and O–H groups in total. The second kappa shape index (κ2) is 7.55. The number of hydrogen-bond acceptors (Lipinski definition) is 4. The van der Waals surface area contributed by atoms with Gasteiger partial charge in [0.25, 0.3) is 0 Å². The number of benzene rings is 2. The molecule has 0 spiro atoms. The van der Waals surface area contributed by atoms with Crippen LogP contribution in [-0.2, 0) is 16.0 Å². The first-order valence-electron chi connectivity index (χ1n) is 7.92. The lowest BCUT2D eigenvalue weighted by atomic mass is 10.2. The van der Waals surface area contributed by atoms with E-state index in [1.165, 1.54) is 48.1 Å². The molecule has 0 radical (unpaired) electrons. The molecule has 0 aliphatic carbocycles. The Morgan fingerprint density at radius 2 is 1.62 bits per heavy atom. The van der Waals surface area contributed by atoms with Crippen molar-refractivity contribution in [3.8, 4) is 22.8 Å². The highest BCUT2D eigenvalue weighted by Gasteiger charge is 2.35. The molecule has 3 aromatic rings. The molecule has 0 unspecified atom stereocenters. The minimum Gasteiger partial charge on any atom is -0.494 e. The summed E-state index contributed by atoms with van der Waals surface area (Å²) in [4.78, 5) is 3.73. The van der Waals surface area contributed by atoms with E-state index in [9.17, 15) is 21.6 Å². The van der Waals surface area contributed by atoms with Crippen LogP contribution in [0.2, 0.25) is 10.0 Å². The number of rotatable bonds is 4. The van der Waals surface area contributed by atoms with Crippen LogP contribution in [0.25, 0.3) is 17.1 Å². The van der Waals surface area contributed by atoms with Crippen molar-refractivity contribution in [3.63, 3.8) is 0 Å². The van der Waals surface area contributed by atoms with Crippen LogP contribution in [0.15, 0.2) is 47.5 Å². The number of alkyl halides is 3. The van der Waals surface area contributed by atoms with Crippen LogP contribution in [0.1, 0.15) is 5.69 Å². The average Bonchev–Trinajstić information content (AvgIpc) is 3.06. The highest BCUT2D eigenvalue weighted by Crippen LogP contribution is 2.38. The summed E-state index contributed by atoms with van der Waals surface area (Å²) in [5, 5.41) is 0.214. The van der Waals surface area contributed by atoms with E-state index in [1.54, 1.807) is 0 Å². The molecule has 2 aromatic carbocycles. The first-order valence-corrected chi connectivity index (χ1v) is 10.6. The molecule has 0 aliphatic heterocycles. The van der Waals surface area contributed by atoms with E-state index < -0.39 is 21.7 Å². The molecular weight excluding hydrogens is 452 g/mol. The second-order valence-corrected chi connectivity index (χ2v) is 8.89. The average molecular weight is 465 g/mol. The minimum absolute atomic E-state index is 0.0333. The topological polar surface area (TPSA) is 61.2 Å². The summed E-state index contributed by atoms with van der Waals surface area (Å²) < 4.78 is 69.3. The molecule has 1 aromatic heterocycles. The van der Waals surface area contributed by atoms with E-state index in [1.807, 2.05) is 0 Å². The summed E-state index contributed by atoms with van der Waals surface area (Å²) in [7, 11) is -2.10. The van der Waals surface area contributed by atoms with Crippen molar-refractivity contribution in [3.05, 3.63) is 58.3 Å². The monoisotopic (exact) mass is 464 g/mol. The molecule has 5 nitrogen and oxygen atoms in total. The lowest BCUT2D eigenvalue weighted by Gasteiger charge is -2.12. The maximum absolute atomic E-state index is 13.3. The Bertz CT molecular complexity index is 1150. The summed E-state index contributed by atoms with van der Waals surface area (Å²) in [5.74, 6) is 0.127. The third-order valence-electron chi connectivity index (χ3n) is 4.00. The van der Waals surface area contributed by atoms with Crippen molar-refractivity contribution in [1.29, 1.82) is 0 Å². The molecule has 154 valence electrons. The van der Waals surface area contributed by atoms with E-state index in [0.29, 0.717) is 0 Å². The fourth-order valence-corrected chi connectivity index (χ4v) is 3.91. The van der Waals surface area contributed by atoms with Crippen molar-refractivity contribution in [2.45, 2.75) is 11.1 Å². The summed E-state index contributed by atoms with van der Waals surface area (Å²) in [5.41, 5.74) is -0.621. The summed E-state index contributed by atoms with van der Waals surface area (Å²) in [6, 6.07) is 8.13. The fraction of sp³-hybridized carbons (Fsp3) is 0.167. The van der Waals surface area contributed by atoms with Gasteiger partial charge in [-0.2, -0.15) is 13.2 Å². The Balaban J connectivity index is 2.22. The molecule has 0 amide bonds. The van der Waals surface area contributed by atoms with Crippen molar-refractivity contribution >= 4 is 33.0 Å². The highest BCUT2D eigenvalue weighted by molar-refractivity contribution is 7.90. The summed E-state index contributed by atoms with van der Waals surface area (Å²) >= 11 is 12.2. The Morgan fingerprint density at radius 1 is 1.07 bits per heavy atom. The van der Waals surface area contributed by atoms with Crippen molar-refractivity contribution in [2.75, 3.05) is 13.4 Å². The maximum atomic E-state index is 13.3. The number of aromatic nitrogens is 2. The van der Waals surface area contributed by atoms with Crippen LogP contribution in [-0.4, -0.2) is 31.3 Å². The van der Waals surface area contributed by atoms with Gasteiger partial charge in [0.2, 0.25) is 0 Å². The van der Waals surface area contributed by atoms with Gasteiger partial charge in [0, 0.05) is 18.0 Å². The smallest absolute Gasteiger partial charge is 0.434 e. The molecule has 0 bridgehead atoms. The quantitative estimate of drug-likeness (QED) is 0.527. The zero-order valence-corrected chi connectivity index (χ0v) is 17.3. The number of imidazole rings is 1. The number of methoxy groups -OCH3 is 1. The van der Waals surface area contributed by atoms with Crippen molar-refractivity contribution in [2.24, 2.45) is 0 Å². The zero-order chi connectivity index (χ0) is 21.6. The lowest BCUT2D eigenvalue weighted by Crippen LogP contribution is -2.05. The van der Waals surface area contributed by atoms with E-state index in [4.69, 9.17) is 27.9 Å². The SMILES string of the molecule is COc1c(Cl)cc(-n2cc(C(F)(F)F)nc2-c2ccc(S(C)(=O)=O)cc2)cc1Cl. The first kappa shape index (κ1) is 21.5. The van der Waals surface area contributed by atoms with Gasteiger partial charge in [0.15, 0.2) is 21.3 Å². The Kier molecular flexibility index (Phi) is 5.59. The predicted molar refractivity (Wildman–Crippen MR) is 104 cm³/mol. The fourth-order valence-electron chi connectivity index (χ4n) is 2.65. The number of hydrogen-bond donors (Lipinski definition) is 0.